The van der Waals surface area contributed by atoms with Crippen LogP contribution in [0, 0.1) is 0 Å². The van der Waals surface area contributed by atoms with Crippen LogP contribution in [0.5, 0.6) is 11.5 Å². The lowest BCUT2D eigenvalue weighted by atomic mass is 9.97. The van der Waals surface area contributed by atoms with Gasteiger partial charge in [-0.05, 0) is 55.5 Å². The maximum Gasteiger partial charge on any atom is 0.161 e. The molecule has 0 atom stereocenters. The highest BCUT2D eigenvalue weighted by Gasteiger charge is 2.21. The Labute approximate surface area is 174 Å². The Kier molecular flexibility index (Phi) is 6.63. The normalized spacial score (nSPS) is 11.0. The molecule has 1 heterocycles. The molecule has 29 heavy (non-hydrogen) atoms. The number of imidazole rings is 1. The molecule has 3 rings (SSSR count). The largest absolute Gasteiger partial charge is 0.493 e. The van der Waals surface area contributed by atoms with E-state index >= 15 is 0 Å². The van der Waals surface area contributed by atoms with Crippen molar-refractivity contribution in [1.29, 1.82) is 0 Å². The molecule has 0 aliphatic carbocycles. The first-order chi connectivity index (χ1) is 14.1. The fourth-order valence-corrected chi connectivity index (χ4v) is 4.12. The Bertz CT molecular complexity index is 966. The van der Waals surface area contributed by atoms with Crippen LogP contribution in [0.15, 0.2) is 36.4 Å². The molecule has 0 amide bonds. The van der Waals surface area contributed by atoms with Gasteiger partial charge in [-0.25, -0.2) is 4.98 Å². The molecule has 0 radical (unpaired) electrons. The Balaban J connectivity index is 2.28. The molecule has 0 spiro atoms. The van der Waals surface area contributed by atoms with Crippen molar-refractivity contribution in [2.24, 2.45) is 0 Å². The van der Waals surface area contributed by atoms with Gasteiger partial charge in [-0.3, -0.25) is 0 Å². The van der Waals surface area contributed by atoms with Gasteiger partial charge in [-0.15, -0.1) is 0 Å². The number of ether oxygens (including phenoxy) is 2. The van der Waals surface area contributed by atoms with E-state index in [4.69, 9.17) is 14.5 Å². The molecule has 0 saturated heterocycles. The van der Waals surface area contributed by atoms with Crippen LogP contribution in [0.2, 0.25) is 0 Å². The number of benzene rings is 2. The van der Waals surface area contributed by atoms with Crippen molar-refractivity contribution in [3.63, 3.8) is 0 Å². The number of rotatable bonds is 8. The lowest BCUT2D eigenvalue weighted by Gasteiger charge is -2.15. The van der Waals surface area contributed by atoms with Crippen LogP contribution in [0.25, 0.3) is 22.6 Å². The van der Waals surface area contributed by atoms with Gasteiger partial charge in [0.15, 0.2) is 11.5 Å². The summed E-state index contributed by atoms with van der Waals surface area (Å²) < 4.78 is 13.3. The van der Waals surface area contributed by atoms with Gasteiger partial charge in [-0.2, -0.15) is 0 Å². The Morgan fingerprint density at radius 2 is 1.48 bits per heavy atom. The number of nitrogens with zero attached hydrogens (tertiary/aromatic N) is 2. The second kappa shape index (κ2) is 9.17. The van der Waals surface area contributed by atoms with Gasteiger partial charge in [-0.1, -0.05) is 39.0 Å². The van der Waals surface area contributed by atoms with Gasteiger partial charge in [0, 0.05) is 23.4 Å². The summed E-state index contributed by atoms with van der Waals surface area (Å²) in [7, 11) is 3.33. The van der Waals surface area contributed by atoms with Gasteiger partial charge in [0.2, 0.25) is 0 Å². The monoisotopic (exact) mass is 392 g/mol. The van der Waals surface area contributed by atoms with Crippen molar-refractivity contribution in [2.45, 2.75) is 53.5 Å². The Morgan fingerprint density at radius 3 is 2.00 bits per heavy atom. The summed E-state index contributed by atoms with van der Waals surface area (Å²) in [6.07, 6.45) is 2.90. The number of hydrogen-bond acceptors (Lipinski definition) is 3. The topological polar surface area (TPSA) is 36.3 Å². The highest BCUT2D eigenvalue weighted by Crippen LogP contribution is 2.37. The SMILES string of the molecule is CCc1cccc(CC)c1-c1nc(-c2ccc(OC)c(OC)c2)c(CC)n1CC. The summed E-state index contributed by atoms with van der Waals surface area (Å²) in [5.74, 6) is 2.53. The molecule has 0 saturated carbocycles. The average Bonchev–Trinajstić information content (AvgIpc) is 3.15. The highest BCUT2D eigenvalue weighted by atomic mass is 16.5. The van der Waals surface area contributed by atoms with E-state index in [1.807, 2.05) is 12.1 Å². The van der Waals surface area contributed by atoms with E-state index < -0.39 is 0 Å². The zero-order valence-electron chi connectivity index (χ0n) is 18.5. The first kappa shape index (κ1) is 21.0. The van der Waals surface area contributed by atoms with Crippen LogP contribution < -0.4 is 9.47 Å². The Morgan fingerprint density at radius 1 is 0.828 bits per heavy atom. The third-order valence-corrected chi connectivity index (χ3v) is 5.60. The van der Waals surface area contributed by atoms with Crippen LogP contribution in [0.4, 0.5) is 0 Å². The molecule has 0 N–H and O–H groups in total. The third kappa shape index (κ3) is 3.76. The highest BCUT2D eigenvalue weighted by molar-refractivity contribution is 5.73. The standard InChI is InChI=1S/C25H32N2O2/c1-7-17-12-11-13-18(8-2)23(17)25-26-24(20(9-3)27(25)10-4)19-14-15-21(28-5)22(16-19)29-6/h11-16H,7-10H2,1-6H3. The minimum atomic E-state index is 0.725. The lowest BCUT2D eigenvalue weighted by molar-refractivity contribution is 0.355. The van der Waals surface area contributed by atoms with Gasteiger partial charge >= 0.3 is 0 Å². The van der Waals surface area contributed by atoms with Crippen molar-refractivity contribution in [3.05, 3.63) is 53.2 Å². The van der Waals surface area contributed by atoms with E-state index in [1.165, 1.54) is 22.4 Å². The van der Waals surface area contributed by atoms with Crippen LogP contribution in [0.3, 0.4) is 0 Å². The molecule has 4 heteroatoms. The molecule has 0 aliphatic heterocycles. The van der Waals surface area contributed by atoms with E-state index in [0.717, 1.165) is 54.4 Å². The first-order valence-electron chi connectivity index (χ1n) is 10.6. The fraction of sp³-hybridized carbons (Fsp3) is 0.400. The maximum atomic E-state index is 5.53. The predicted octanol–water partition coefficient (Wildman–Crippen LogP) is 5.94. The number of aryl methyl sites for hydroxylation is 2. The summed E-state index contributed by atoms with van der Waals surface area (Å²) in [5.41, 5.74) is 7.33. The van der Waals surface area contributed by atoms with Gasteiger partial charge < -0.3 is 14.0 Å². The summed E-state index contributed by atoms with van der Waals surface area (Å²) in [6.45, 7) is 9.72. The number of aromatic nitrogens is 2. The second-order valence-corrected chi connectivity index (χ2v) is 7.06. The zero-order chi connectivity index (χ0) is 21.0. The van der Waals surface area contributed by atoms with E-state index in [2.05, 4.69) is 56.5 Å². The van der Waals surface area contributed by atoms with Crippen LogP contribution in [-0.2, 0) is 25.8 Å². The van der Waals surface area contributed by atoms with E-state index in [1.54, 1.807) is 14.2 Å². The molecule has 3 aromatic rings. The summed E-state index contributed by atoms with van der Waals surface area (Å²) in [5, 5.41) is 0. The molecule has 0 bridgehead atoms. The van der Waals surface area contributed by atoms with Crippen LogP contribution in [0.1, 0.15) is 44.5 Å². The van der Waals surface area contributed by atoms with Crippen molar-refractivity contribution >= 4 is 0 Å². The van der Waals surface area contributed by atoms with Gasteiger partial charge in [0.1, 0.15) is 5.82 Å². The average molecular weight is 393 g/mol. The molecule has 154 valence electrons. The van der Waals surface area contributed by atoms with E-state index in [0.29, 0.717) is 0 Å². The minimum Gasteiger partial charge on any atom is -0.493 e. The predicted molar refractivity (Wildman–Crippen MR) is 120 cm³/mol. The van der Waals surface area contributed by atoms with Crippen molar-refractivity contribution < 1.29 is 9.47 Å². The smallest absolute Gasteiger partial charge is 0.161 e. The molecule has 4 nitrogen and oxygen atoms in total. The first-order valence-corrected chi connectivity index (χ1v) is 10.6. The van der Waals surface area contributed by atoms with E-state index in [9.17, 15) is 0 Å². The van der Waals surface area contributed by atoms with Crippen molar-refractivity contribution in [2.75, 3.05) is 14.2 Å². The lowest BCUT2D eigenvalue weighted by Crippen LogP contribution is -2.05. The van der Waals surface area contributed by atoms with Crippen molar-refractivity contribution in [1.82, 2.24) is 9.55 Å². The summed E-state index contributed by atoms with van der Waals surface area (Å²) >= 11 is 0. The number of hydrogen-bond donors (Lipinski definition) is 0. The third-order valence-electron chi connectivity index (χ3n) is 5.60. The molecule has 2 aromatic carbocycles. The maximum absolute atomic E-state index is 5.53. The zero-order valence-corrected chi connectivity index (χ0v) is 18.5. The van der Waals surface area contributed by atoms with E-state index in [-0.39, 0.29) is 0 Å². The van der Waals surface area contributed by atoms with Gasteiger partial charge in [0.25, 0.3) is 0 Å². The molecule has 1 aromatic heterocycles. The summed E-state index contributed by atoms with van der Waals surface area (Å²) in [6, 6.07) is 12.7. The van der Waals surface area contributed by atoms with Crippen LogP contribution in [-0.4, -0.2) is 23.8 Å². The molecule has 0 fully saturated rings. The number of methoxy groups -OCH3 is 2. The fourth-order valence-electron chi connectivity index (χ4n) is 4.12. The minimum absolute atomic E-state index is 0.725. The molecule has 0 aliphatic rings. The molecular weight excluding hydrogens is 360 g/mol. The second-order valence-electron chi connectivity index (χ2n) is 7.06. The summed E-state index contributed by atoms with van der Waals surface area (Å²) in [4.78, 5) is 5.21. The quantitative estimate of drug-likeness (QED) is 0.476. The molecule has 0 unspecified atom stereocenters. The van der Waals surface area contributed by atoms with Gasteiger partial charge in [0.05, 0.1) is 19.9 Å². The van der Waals surface area contributed by atoms with Crippen molar-refractivity contribution in [3.8, 4) is 34.1 Å². The Hall–Kier alpha value is -2.75. The van der Waals surface area contributed by atoms with Crippen LogP contribution >= 0.6 is 0 Å². The molecular formula is C25H32N2O2.